The van der Waals surface area contributed by atoms with E-state index in [2.05, 4.69) is 4.90 Å². The quantitative estimate of drug-likeness (QED) is 0.272. The second-order valence-electron chi connectivity index (χ2n) is 10.4. The van der Waals surface area contributed by atoms with Gasteiger partial charge in [-0.25, -0.2) is 8.78 Å². The molecule has 0 saturated carbocycles. The molecule has 1 fully saturated rings. The lowest BCUT2D eigenvalue weighted by Gasteiger charge is -2.20. The van der Waals surface area contributed by atoms with Crippen LogP contribution in [-0.2, 0) is 6.42 Å². The van der Waals surface area contributed by atoms with E-state index >= 15 is 0 Å². The van der Waals surface area contributed by atoms with Crippen LogP contribution in [0.1, 0.15) is 59.6 Å². The Balaban J connectivity index is 1.51. The van der Waals surface area contributed by atoms with Crippen molar-refractivity contribution in [2.45, 2.75) is 50.7 Å². The minimum atomic E-state index is -2.86. The first kappa shape index (κ1) is 29.0. The van der Waals surface area contributed by atoms with E-state index in [-0.39, 0.29) is 18.3 Å². The van der Waals surface area contributed by atoms with Crippen molar-refractivity contribution in [3.8, 4) is 5.75 Å². The van der Waals surface area contributed by atoms with Gasteiger partial charge in [-0.2, -0.15) is 0 Å². The summed E-state index contributed by atoms with van der Waals surface area (Å²) >= 11 is 12.9. The van der Waals surface area contributed by atoms with Gasteiger partial charge in [0.1, 0.15) is 18.0 Å². The summed E-state index contributed by atoms with van der Waals surface area (Å²) in [6, 6.07) is 18.5. The third kappa shape index (κ3) is 6.52. The molecule has 1 heterocycles. The average Bonchev–Trinajstić information content (AvgIpc) is 3.30. The highest BCUT2D eigenvalue weighted by atomic mass is 35.5. The summed E-state index contributed by atoms with van der Waals surface area (Å²) in [5, 5.41) is 11.1. The SMILES string of the molecule is OC(c1ccc2c(c1)CCCC(c1ccc(Cl)cc1Cl)=C2c1ccc(O[C@H]2CCN(CCCF)C2)cc1)C(F)F. The normalized spacial score (nSPS) is 18.6. The van der Waals surface area contributed by atoms with Crippen molar-refractivity contribution < 1.29 is 23.0 Å². The number of hydrogen-bond acceptors (Lipinski definition) is 3. The van der Waals surface area contributed by atoms with Crippen LogP contribution in [0.3, 0.4) is 0 Å². The number of fused-ring (bicyclic) bond motifs is 1. The van der Waals surface area contributed by atoms with Gasteiger partial charge < -0.3 is 9.84 Å². The summed E-state index contributed by atoms with van der Waals surface area (Å²) in [6.45, 7) is 2.13. The third-order valence-corrected chi connectivity index (χ3v) is 8.24. The summed E-state index contributed by atoms with van der Waals surface area (Å²) in [7, 11) is 0. The van der Waals surface area contributed by atoms with Gasteiger partial charge in [-0.1, -0.05) is 59.6 Å². The molecule has 1 unspecified atom stereocenters. The van der Waals surface area contributed by atoms with E-state index in [4.69, 9.17) is 27.9 Å². The van der Waals surface area contributed by atoms with E-state index in [1.165, 1.54) is 0 Å². The van der Waals surface area contributed by atoms with Gasteiger partial charge in [0.05, 0.1) is 6.67 Å². The monoisotopic (exact) mass is 589 g/mol. The van der Waals surface area contributed by atoms with E-state index in [9.17, 15) is 18.3 Å². The summed E-state index contributed by atoms with van der Waals surface area (Å²) in [5.74, 6) is 0.761. The predicted octanol–water partition coefficient (Wildman–Crippen LogP) is 8.40. The summed E-state index contributed by atoms with van der Waals surface area (Å²) < 4.78 is 45.3. The van der Waals surface area contributed by atoms with Crippen molar-refractivity contribution in [1.29, 1.82) is 0 Å². The number of allylic oxidation sites excluding steroid dienone is 1. The number of aliphatic hydroxyl groups excluding tert-OH is 1. The largest absolute Gasteiger partial charge is 0.489 e. The highest BCUT2D eigenvalue weighted by Crippen LogP contribution is 2.43. The second-order valence-corrected chi connectivity index (χ2v) is 11.3. The Bertz CT molecular complexity index is 1360. The van der Waals surface area contributed by atoms with Crippen LogP contribution in [0.5, 0.6) is 5.75 Å². The lowest BCUT2D eigenvalue weighted by Crippen LogP contribution is -2.26. The van der Waals surface area contributed by atoms with Crippen molar-refractivity contribution in [3.63, 3.8) is 0 Å². The topological polar surface area (TPSA) is 32.7 Å². The van der Waals surface area contributed by atoms with Crippen molar-refractivity contribution >= 4 is 34.3 Å². The van der Waals surface area contributed by atoms with Crippen LogP contribution in [0.25, 0.3) is 11.1 Å². The molecule has 212 valence electrons. The van der Waals surface area contributed by atoms with Gasteiger partial charge in [-0.3, -0.25) is 9.29 Å². The fourth-order valence-electron chi connectivity index (χ4n) is 5.74. The number of nitrogens with zero attached hydrogens (tertiary/aromatic N) is 1. The van der Waals surface area contributed by atoms with Gasteiger partial charge in [-0.15, -0.1) is 0 Å². The molecule has 1 aliphatic heterocycles. The van der Waals surface area contributed by atoms with Crippen LogP contribution in [0, 0.1) is 0 Å². The lowest BCUT2D eigenvalue weighted by molar-refractivity contribution is -0.00581. The van der Waals surface area contributed by atoms with E-state index < -0.39 is 12.5 Å². The van der Waals surface area contributed by atoms with Crippen molar-refractivity contribution in [1.82, 2.24) is 4.90 Å². The maximum atomic E-state index is 13.3. The Morgan fingerprint density at radius 2 is 1.75 bits per heavy atom. The molecule has 1 aliphatic carbocycles. The number of halogens is 5. The zero-order valence-corrected chi connectivity index (χ0v) is 23.6. The van der Waals surface area contributed by atoms with Crippen LogP contribution in [-0.4, -0.2) is 48.8 Å². The van der Waals surface area contributed by atoms with E-state index in [0.29, 0.717) is 22.9 Å². The van der Waals surface area contributed by atoms with E-state index in [1.807, 2.05) is 42.5 Å². The maximum Gasteiger partial charge on any atom is 0.268 e. The fourth-order valence-corrected chi connectivity index (χ4v) is 6.27. The molecule has 0 bridgehead atoms. The first-order valence-electron chi connectivity index (χ1n) is 13.7. The highest BCUT2D eigenvalue weighted by Gasteiger charge is 2.26. The van der Waals surface area contributed by atoms with Crippen molar-refractivity contribution in [2.75, 3.05) is 26.3 Å². The smallest absolute Gasteiger partial charge is 0.268 e. The number of rotatable bonds is 9. The summed E-state index contributed by atoms with van der Waals surface area (Å²) in [5.41, 5.74) is 5.90. The van der Waals surface area contributed by atoms with Crippen LogP contribution in [0.2, 0.25) is 10.0 Å². The average molecular weight is 591 g/mol. The van der Waals surface area contributed by atoms with Gasteiger partial charge in [0, 0.05) is 29.7 Å². The molecule has 2 atom stereocenters. The number of likely N-dealkylation sites (tertiary alicyclic amines) is 1. The number of aliphatic hydroxyl groups is 1. The Labute approximate surface area is 243 Å². The Kier molecular flexibility index (Phi) is 9.41. The Hall–Kier alpha value is -2.51. The second kappa shape index (κ2) is 13.0. The number of alkyl halides is 3. The molecule has 0 amide bonds. The molecule has 3 nitrogen and oxygen atoms in total. The molecule has 3 aromatic rings. The molecule has 8 heteroatoms. The molecule has 0 aromatic heterocycles. The zero-order valence-electron chi connectivity index (χ0n) is 22.1. The molecule has 2 aliphatic rings. The van der Waals surface area contributed by atoms with Gasteiger partial charge in [0.25, 0.3) is 6.43 Å². The van der Waals surface area contributed by atoms with Crippen molar-refractivity contribution in [3.05, 3.63) is 98.5 Å². The zero-order chi connectivity index (χ0) is 28.2. The van der Waals surface area contributed by atoms with Crippen molar-refractivity contribution in [2.24, 2.45) is 0 Å². The fraction of sp³-hybridized carbons (Fsp3) is 0.375. The summed E-state index contributed by atoms with van der Waals surface area (Å²) in [6.07, 6.45) is -0.977. The van der Waals surface area contributed by atoms with Crippen LogP contribution in [0.4, 0.5) is 13.2 Å². The Morgan fingerprint density at radius 1 is 0.975 bits per heavy atom. The first-order valence-corrected chi connectivity index (χ1v) is 14.4. The molecule has 1 N–H and O–H groups in total. The molecular formula is C32H32Cl2F3NO2. The van der Waals surface area contributed by atoms with Gasteiger partial charge in [0.2, 0.25) is 0 Å². The molecule has 0 radical (unpaired) electrons. The number of benzene rings is 3. The van der Waals surface area contributed by atoms with Crippen LogP contribution in [0.15, 0.2) is 60.7 Å². The standard InChI is InChI=1S/C32H32Cl2F3NO2/c33-23-8-12-27(29(34)18-23)28-4-1-3-21-17-22(31(39)32(36)37)7-11-26(21)30(28)20-5-9-24(10-6-20)40-25-13-16-38(19-25)15-2-14-35/h5-12,17-18,25,31-32,39H,1-4,13-16,19H2/t25-,31?/m0/s1. The highest BCUT2D eigenvalue weighted by molar-refractivity contribution is 6.36. The third-order valence-electron chi connectivity index (χ3n) is 7.69. The van der Waals surface area contributed by atoms with Gasteiger partial charge >= 0.3 is 0 Å². The molecule has 5 rings (SSSR count). The van der Waals surface area contributed by atoms with E-state index in [0.717, 1.165) is 78.0 Å². The minimum Gasteiger partial charge on any atom is -0.489 e. The Morgan fingerprint density at radius 3 is 2.48 bits per heavy atom. The van der Waals surface area contributed by atoms with Gasteiger partial charge in [-0.05, 0) is 95.3 Å². The predicted molar refractivity (Wildman–Crippen MR) is 155 cm³/mol. The number of hydrogen-bond donors (Lipinski definition) is 1. The molecular weight excluding hydrogens is 558 g/mol. The molecule has 3 aromatic carbocycles. The minimum absolute atomic E-state index is 0.0615. The lowest BCUT2D eigenvalue weighted by atomic mass is 9.87. The number of ether oxygens (including phenoxy) is 1. The number of aryl methyl sites for hydroxylation is 1. The maximum absolute atomic E-state index is 13.3. The first-order chi connectivity index (χ1) is 19.3. The van der Waals surface area contributed by atoms with E-state index in [1.54, 1.807) is 18.2 Å². The summed E-state index contributed by atoms with van der Waals surface area (Å²) in [4.78, 5) is 2.23. The van der Waals surface area contributed by atoms with Gasteiger partial charge in [0.15, 0.2) is 0 Å². The van der Waals surface area contributed by atoms with Crippen LogP contribution >= 0.6 is 23.2 Å². The molecule has 1 saturated heterocycles. The molecule has 40 heavy (non-hydrogen) atoms. The molecule has 0 spiro atoms. The van der Waals surface area contributed by atoms with Crippen LogP contribution < -0.4 is 4.74 Å².